The second-order valence-corrected chi connectivity index (χ2v) is 5.77. The van der Waals surface area contributed by atoms with Gasteiger partial charge in [-0.05, 0) is 19.3 Å². The molecule has 7 nitrogen and oxygen atoms in total. The highest BCUT2D eigenvalue weighted by Crippen LogP contribution is 2.20. The Kier molecular flexibility index (Phi) is 5.05. The predicted octanol–water partition coefficient (Wildman–Crippen LogP) is 0.641. The first-order valence-electron chi connectivity index (χ1n) is 8.00. The highest BCUT2D eigenvalue weighted by Gasteiger charge is 2.22. The second kappa shape index (κ2) is 7.40. The maximum atomic E-state index is 11.8. The molecule has 0 bridgehead atoms. The maximum Gasteiger partial charge on any atom is 0.225 e. The monoisotopic (exact) mass is 305 g/mol. The molecule has 0 radical (unpaired) electrons. The zero-order valence-corrected chi connectivity index (χ0v) is 12.8. The minimum absolute atomic E-state index is 0.0123. The third kappa shape index (κ3) is 3.85. The lowest BCUT2D eigenvalue weighted by molar-refractivity contribution is -0.124. The number of ether oxygens (including phenoxy) is 1. The molecule has 0 aliphatic carbocycles. The van der Waals surface area contributed by atoms with Crippen molar-refractivity contribution in [2.24, 2.45) is 5.92 Å². The number of nitrogens with one attached hydrogen (secondary N) is 2. The average Bonchev–Trinajstić information content (AvgIpc) is 3.24. The molecule has 1 unspecified atom stereocenters. The summed E-state index contributed by atoms with van der Waals surface area (Å²) in [5.41, 5.74) is 1.11. The summed E-state index contributed by atoms with van der Waals surface area (Å²) in [6.07, 6.45) is 5.10. The molecular formula is C15H23N5O2. The fraction of sp³-hybridized carbons (Fsp3) is 0.667. The van der Waals surface area contributed by atoms with Crippen LogP contribution in [0.25, 0.3) is 0 Å². The highest BCUT2D eigenvalue weighted by molar-refractivity contribution is 5.79. The van der Waals surface area contributed by atoms with E-state index in [1.54, 1.807) is 6.20 Å². The fourth-order valence-electron chi connectivity index (χ4n) is 2.85. The lowest BCUT2D eigenvalue weighted by atomic mass is 10.1. The van der Waals surface area contributed by atoms with E-state index in [-0.39, 0.29) is 11.8 Å². The van der Waals surface area contributed by atoms with Gasteiger partial charge in [-0.3, -0.25) is 4.79 Å². The summed E-state index contributed by atoms with van der Waals surface area (Å²) in [5, 5.41) is 14.3. The number of hydrogen-bond acceptors (Lipinski definition) is 6. The second-order valence-electron chi connectivity index (χ2n) is 5.77. The molecule has 120 valence electrons. The molecule has 0 spiro atoms. The first-order chi connectivity index (χ1) is 10.8. The molecule has 0 aromatic carbocycles. The Hall–Kier alpha value is -1.89. The minimum Gasteiger partial charge on any atom is -0.381 e. The van der Waals surface area contributed by atoms with E-state index < -0.39 is 0 Å². The molecule has 1 aromatic heterocycles. The summed E-state index contributed by atoms with van der Waals surface area (Å²) in [7, 11) is 0. The number of hydrogen-bond donors (Lipinski definition) is 2. The summed E-state index contributed by atoms with van der Waals surface area (Å²) in [6.45, 7) is 4.62. The zero-order chi connectivity index (χ0) is 15.2. The molecule has 22 heavy (non-hydrogen) atoms. The Morgan fingerprint density at radius 2 is 2.23 bits per heavy atom. The van der Waals surface area contributed by atoms with Crippen molar-refractivity contribution in [3.05, 3.63) is 12.3 Å². The van der Waals surface area contributed by atoms with Gasteiger partial charge in [-0.1, -0.05) is 0 Å². The van der Waals surface area contributed by atoms with Crippen LogP contribution in [0.2, 0.25) is 0 Å². The lowest BCUT2D eigenvalue weighted by Gasteiger charge is -2.17. The maximum absolute atomic E-state index is 11.8. The number of carbonyl (C=O) groups is 1. The van der Waals surface area contributed by atoms with E-state index in [0.29, 0.717) is 26.3 Å². The number of anilines is 2. The molecule has 7 heteroatoms. The zero-order valence-electron chi connectivity index (χ0n) is 12.8. The smallest absolute Gasteiger partial charge is 0.225 e. The molecule has 0 saturated carbocycles. The molecule has 3 heterocycles. The summed E-state index contributed by atoms with van der Waals surface area (Å²) in [4.78, 5) is 14.2. The lowest BCUT2D eigenvalue weighted by Crippen LogP contribution is -2.34. The van der Waals surface area contributed by atoms with E-state index in [1.807, 2.05) is 6.07 Å². The first kappa shape index (κ1) is 15.0. The van der Waals surface area contributed by atoms with Gasteiger partial charge in [0.2, 0.25) is 5.91 Å². The topological polar surface area (TPSA) is 79.4 Å². The largest absolute Gasteiger partial charge is 0.381 e. The molecule has 2 saturated heterocycles. The SMILES string of the molecule is O=C(NCCNc1cc(N2CCCC2)cnn1)C1CCOC1. The molecule has 2 aliphatic heterocycles. The van der Waals surface area contributed by atoms with Gasteiger partial charge < -0.3 is 20.3 Å². The van der Waals surface area contributed by atoms with Crippen molar-refractivity contribution < 1.29 is 9.53 Å². The Labute approximate surface area is 130 Å². The van der Waals surface area contributed by atoms with Gasteiger partial charge in [0.05, 0.1) is 24.4 Å². The Morgan fingerprint density at radius 3 is 3.00 bits per heavy atom. The fourth-order valence-corrected chi connectivity index (χ4v) is 2.85. The summed E-state index contributed by atoms with van der Waals surface area (Å²) < 4.78 is 5.22. The van der Waals surface area contributed by atoms with Gasteiger partial charge in [0.1, 0.15) is 0 Å². The van der Waals surface area contributed by atoms with Crippen LogP contribution in [0.1, 0.15) is 19.3 Å². The van der Waals surface area contributed by atoms with Crippen molar-refractivity contribution in [2.45, 2.75) is 19.3 Å². The molecule has 1 amide bonds. The van der Waals surface area contributed by atoms with Crippen molar-refractivity contribution in [1.82, 2.24) is 15.5 Å². The van der Waals surface area contributed by atoms with E-state index in [9.17, 15) is 4.79 Å². The van der Waals surface area contributed by atoms with E-state index in [1.165, 1.54) is 12.8 Å². The van der Waals surface area contributed by atoms with Crippen molar-refractivity contribution in [2.75, 3.05) is 49.6 Å². The van der Waals surface area contributed by atoms with Gasteiger partial charge in [-0.2, -0.15) is 5.10 Å². The third-order valence-electron chi connectivity index (χ3n) is 4.14. The van der Waals surface area contributed by atoms with E-state index in [0.717, 1.165) is 31.0 Å². The van der Waals surface area contributed by atoms with E-state index in [2.05, 4.69) is 25.7 Å². The van der Waals surface area contributed by atoms with Crippen LogP contribution in [0.3, 0.4) is 0 Å². The number of rotatable bonds is 6. The van der Waals surface area contributed by atoms with Crippen LogP contribution in [0.15, 0.2) is 12.3 Å². The van der Waals surface area contributed by atoms with Gasteiger partial charge in [-0.15, -0.1) is 5.10 Å². The Bertz CT molecular complexity index is 498. The summed E-state index contributed by atoms with van der Waals surface area (Å²) in [5.74, 6) is 0.845. The van der Waals surface area contributed by atoms with Crippen LogP contribution in [0.4, 0.5) is 11.5 Å². The van der Waals surface area contributed by atoms with Gasteiger partial charge >= 0.3 is 0 Å². The quantitative estimate of drug-likeness (QED) is 0.751. The Balaban J connectivity index is 1.41. The molecule has 1 atom stereocenters. The van der Waals surface area contributed by atoms with Gasteiger partial charge in [0.15, 0.2) is 5.82 Å². The average molecular weight is 305 g/mol. The molecule has 1 aromatic rings. The van der Waals surface area contributed by atoms with Crippen LogP contribution < -0.4 is 15.5 Å². The van der Waals surface area contributed by atoms with E-state index in [4.69, 9.17) is 4.74 Å². The van der Waals surface area contributed by atoms with Gasteiger partial charge in [0, 0.05) is 38.9 Å². The van der Waals surface area contributed by atoms with Gasteiger partial charge in [0.25, 0.3) is 0 Å². The van der Waals surface area contributed by atoms with E-state index >= 15 is 0 Å². The van der Waals surface area contributed by atoms with Crippen molar-refractivity contribution in [3.8, 4) is 0 Å². The molecule has 2 N–H and O–H groups in total. The van der Waals surface area contributed by atoms with Crippen LogP contribution in [-0.2, 0) is 9.53 Å². The van der Waals surface area contributed by atoms with Crippen LogP contribution >= 0.6 is 0 Å². The predicted molar refractivity (Wildman–Crippen MR) is 83.9 cm³/mol. The van der Waals surface area contributed by atoms with Crippen LogP contribution in [0, 0.1) is 5.92 Å². The number of carbonyl (C=O) groups excluding carboxylic acids is 1. The standard InChI is InChI=1S/C15H23N5O2/c21-15(12-3-8-22-11-12)17-5-4-16-14-9-13(10-18-19-14)20-6-1-2-7-20/h9-10,12H,1-8,11H2,(H,16,19)(H,17,21). The molecule has 2 fully saturated rings. The normalized spacial score (nSPS) is 21.1. The van der Waals surface area contributed by atoms with Crippen molar-refractivity contribution in [1.29, 1.82) is 0 Å². The van der Waals surface area contributed by atoms with Crippen LogP contribution in [0.5, 0.6) is 0 Å². The van der Waals surface area contributed by atoms with Crippen molar-refractivity contribution >= 4 is 17.4 Å². The molecular weight excluding hydrogens is 282 g/mol. The van der Waals surface area contributed by atoms with Gasteiger partial charge in [-0.25, -0.2) is 0 Å². The Morgan fingerprint density at radius 1 is 1.36 bits per heavy atom. The number of aromatic nitrogens is 2. The highest BCUT2D eigenvalue weighted by atomic mass is 16.5. The van der Waals surface area contributed by atoms with Crippen LogP contribution in [-0.4, -0.2) is 55.5 Å². The molecule has 3 rings (SSSR count). The summed E-state index contributed by atoms with van der Waals surface area (Å²) >= 11 is 0. The number of amides is 1. The van der Waals surface area contributed by atoms with Crippen molar-refractivity contribution in [3.63, 3.8) is 0 Å². The first-order valence-corrected chi connectivity index (χ1v) is 8.00. The minimum atomic E-state index is 0.0123. The summed E-state index contributed by atoms with van der Waals surface area (Å²) in [6, 6.07) is 2.02. The molecule has 2 aliphatic rings. The third-order valence-corrected chi connectivity index (χ3v) is 4.14. The number of nitrogens with zero attached hydrogens (tertiary/aromatic N) is 3.